The van der Waals surface area contributed by atoms with Crippen LogP contribution in [0.2, 0.25) is 0 Å². The molecule has 1 saturated carbocycles. The molecule has 0 bridgehead atoms. The second-order valence-electron chi connectivity index (χ2n) is 5.29. The number of carbonyl (C=O) groups excluding carboxylic acids is 1. The van der Waals surface area contributed by atoms with Gasteiger partial charge in [0.1, 0.15) is 6.10 Å². The minimum absolute atomic E-state index is 0.0367. The molecule has 1 aliphatic carbocycles. The van der Waals surface area contributed by atoms with Crippen LogP contribution in [0.1, 0.15) is 38.5 Å². The largest absolute Gasteiger partial charge is 0.481 e. The highest BCUT2D eigenvalue weighted by atomic mass is 16.5. The van der Waals surface area contributed by atoms with Crippen molar-refractivity contribution >= 4 is 17.7 Å². The number of ether oxygens (including phenoxy) is 1. The molecule has 7 heteroatoms. The number of pyridine rings is 1. The quantitative estimate of drug-likeness (QED) is 0.671. The number of aliphatic carboxylic acids is 1. The number of rotatable bonds is 7. The Balaban J connectivity index is 1.70. The Bertz CT molecular complexity index is 498. The summed E-state index contributed by atoms with van der Waals surface area (Å²) in [6.45, 7) is 0.314. The van der Waals surface area contributed by atoms with Gasteiger partial charge in [0.05, 0.1) is 11.9 Å². The first-order valence-corrected chi connectivity index (χ1v) is 7.53. The van der Waals surface area contributed by atoms with Crippen LogP contribution in [0.4, 0.5) is 10.5 Å². The minimum atomic E-state index is -0.871. The van der Waals surface area contributed by atoms with Crippen molar-refractivity contribution in [2.75, 3.05) is 11.9 Å². The third-order valence-corrected chi connectivity index (χ3v) is 3.44. The lowest BCUT2D eigenvalue weighted by Gasteiger charge is -2.12. The zero-order chi connectivity index (χ0) is 15.8. The fraction of sp³-hybridized carbons (Fsp3) is 0.533. The Hall–Kier alpha value is -2.31. The van der Waals surface area contributed by atoms with Crippen LogP contribution < -0.4 is 15.4 Å². The van der Waals surface area contributed by atoms with Crippen molar-refractivity contribution in [2.45, 2.75) is 44.6 Å². The number of aromatic nitrogens is 1. The molecule has 0 aliphatic heterocycles. The summed E-state index contributed by atoms with van der Waals surface area (Å²) in [7, 11) is 0. The summed E-state index contributed by atoms with van der Waals surface area (Å²) in [5.41, 5.74) is 0.564. The molecule has 1 fully saturated rings. The topological polar surface area (TPSA) is 101 Å². The number of hydrogen-bond acceptors (Lipinski definition) is 4. The van der Waals surface area contributed by atoms with E-state index in [1.54, 1.807) is 18.3 Å². The summed E-state index contributed by atoms with van der Waals surface area (Å²) in [5.74, 6) is -0.302. The molecule has 1 aromatic heterocycles. The Kier molecular flexibility index (Phi) is 6.00. The Morgan fingerprint density at radius 2 is 2.09 bits per heavy atom. The van der Waals surface area contributed by atoms with E-state index < -0.39 is 5.97 Å². The summed E-state index contributed by atoms with van der Waals surface area (Å²) in [6.07, 6.45) is 6.77. The van der Waals surface area contributed by atoms with Crippen molar-refractivity contribution in [2.24, 2.45) is 0 Å². The summed E-state index contributed by atoms with van der Waals surface area (Å²) in [6, 6.07) is 3.09. The fourth-order valence-corrected chi connectivity index (χ4v) is 2.32. The molecular weight excluding hydrogens is 286 g/mol. The number of carboxylic acids is 1. The van der Waals surface area contributed by atoms with Gasteiger partial charge in [0, 0.05) is 19.0 Å². The molecule has 0 unspecified atom stereocenters. The number of amides is 2. The third kappa shape index (κ3) is 5.59. The zero-order valence-electron chi connectivity index (χ0n) is 12.4. The number of carboxylic acid groups (broad SMARTS) is 1. The van der Waals surface area contributed by atoms with Gasteiger partial charge in [-0.2, -0.15) is 0 Å². The van der Waals surface area contributed by atoms with Gasteiger partial charge in [0.15, 0.2) is 0 Å². The van der Waals surface area contributed by atoms with Gasteiger partial charge in [-0.1, -0.05) is 0 Å². The molecule has 1 aromatic rings. The van der Waals surface area contributed by atoms with Gasteiger partial charge in [-0.15, -0.1) is 0 Å². The van der Waals surface area contributed by atoms with E-state index >= 15 is 0 Å². The summed E-state index contributed by atoms with van der Waals surface area (Å²) < 4.78 is 5.74. The molecule has 2 rings (SSSR count). The van der Waals surface area contributed by atoms with Gasteiger partial charge >= 0.3 is 12.0 Å². The molecule has 0 saturated heterocycles. The highest BCUT2D eigenvalue weighted by Gasteiger charge is 2.16. The van der Waals surface area contributed by atoms with Gasteiger partial charge in [-0.25, -0.2) is 9.78 Å². The maximum atomic E-state index is 11.6. The lowest BCUT2D eigenvalue weighted by molar-refractivity contribution is -0.137. The van der Waals surface area contributed by atoms with E-state index in [9.17, 15) is 9.59 Å². The van der Waals surface area contributed by atoms with E-state index in [0.29, 0.717) is 24.5 Å². The van der Waals surface area contributed by atoms with Crippen molar-refractivity contribution in [1.29, 1.82) is 0 Å². The molecule has 22 heavy (non-hydrogen) atoms. The molecule has 0 aromatic carbocycles. The normalized spacial score (nSPS) is 14.5. The van der Waals surface area contributed by atoms with Crippen molar-refractivity contribution in [3.8, 4) is 5.88 Å². The van der Waals surface area contributed by atoms with E-state index in [2.05, 4.69) is 15.6 Å². The molecule has 3 N–H and O–H groups in total. The van der Waals surface area contributed by atoms with E-state index in [0.717, 1.165) is 12.8 Å². The predicted molar refractivity (Wildman–Crippen MR) is 81.0 cm³/mol. The predicted octanol–water partition coefficient (Wildman–Crippen LogP) is 2.39. The van der Waals surface area contributed by atoms with Crippen LogP contribution in [0.5, 0.6) is 5.88 Å². The Labute approximate surface area is 129 Å². The van der Waals surface area contributed by atoms with Gasteiger partial charge in [0.25, 0.3) is 0 Å². The molecule has 0 radical (unpaired) electrons. The fourth-order valence-electron chi connectivity index (χ4n) is 2.32. The monoisotopic (exact) mass is 307 g/mol. The van der Waals surface area contributed by atoms with Crippen LogP contribution in [0.25, 0.3) is 0 Å². The molecule has 0 atom stereocenters. The second-order valence-corrected chi connectivity index (χ2v) is 5.29. The van der Waals surface area contributed by atoms with Crippen molar-refractivity contribution in [1.82, 2.24) is 10.3 Å². The number of urea groups is 1. The van der Waals surface area contributed by atoms with Gasteiger partial charge < -0.3 is 20.5 Å². The SMILES string of the molecule is O=C(O)CCCNC(=O)Nc1ccc(OC2CCCC2)nc1. The Morgan fingerprint density at radius 3 is 2.73 bits per heavy atom. The van der Waals surface area contributed by atoms with Crippen LogP contribution in [0, 0.1) is 0 Å². The second kappa shape index (κ2) is 8.21. The lowest BCUT2D eigenvalue weighted by atomic mass is 10.3. The maximum absolute atomic E-state index is 11.6. The smallest absolute Gasteiger partial charge is 0.319 e. The first-order valence-electron chi connectivity index (χ1n) is 7.53. The maximum Gasteiger partial charge on any atom is 0.319 e. The lowest BCUT2D eigenvalue weighted by Crippen LogP contribution is -2.29. The van der Waals surface area contributed by atoms with Crippen LogP contribution in [-0.4, -0.2) is 34.7 Å². The molecule has 1 aliphatic rings. The zero-order valence-corrected chi connectivity index (χ0v) is 12.4. The minimum Gasteiger partial charge on any atom is -0.481 e. The van der Waals surface area contributed by atoms with E-state index in [1.807, 2.05) is 0 Å². The number of anilines is 1. The summed E-state index contributed by atoms with van der Waals surface area (Å²) >= 11 is 0. The number of hydrogen-bond donors (Lipinski definition) is 3. The first kappa shape index (κ1) is 16.1. The average Bonchev–Trinajstić information content (AvgIpc) is 2.98. The van der Waals surface area contributed by atoms with E-state index in [-0.39, 0.29) is 18.6 Å². The summed E-state index contributed by atoms with van der Waals surface area (Å²) in [4.78, 5) is 26.1. The number of carbonyl (C=O) groups is 2. The standard InChI is InChI=1S/C15H21N3O4/c19-14(20)6-3-9-16-15(21)18-11-7-8-13(17-10-11)22-12-4-1-2-5-12/h7-8,10,12H,1-6,9H2,(H,19,20)(H2,16,18,21). The highest BCUT2D eigenvalue weighted by molar-refractivity contribution is 5.89. The molecule has 7 nitrogen and oxygen atoms in total. The van der Waals surface area contributed by atoms with Crippen molar-refractivity contribution in [3.05, 3.63) is 18.3 Å². The first-order chi connectivity index (χ1) is 10.6. The van der Waals surface area contributed by atoms with Crippen LogP contribution >= 0.6 is 0 Å². The van der Waals surface area contributed by atoms with Gasteiger partial charge in [0.2, 0.25) is 5.88 Å². The summed E-state index contributed by atoms with van der Waals surface area (Å²) in [5, 5.41) is 13.7. The Morgan fingerprint density at radius 1 is 1.32 bits per heavy atom. The average molecular weight is 307 g/mol. The van der Waals surface area contributed by atoms with Gasteiger partial charge in [-0.05, 0) is 38.2 Å². The van der Waals surface area contributed by atoms with E-state index in [1.165, 1.54) is 12.8 Å². The van der Waals surface area contributed by atoms with Gasteiger partial charge in [-0.3, -0.25) is 4.79 Å². The van der Waals surface area contributed by atoms with E-state index in [4.69, 9.17) is 9.84 Å². The number of nitrogens with one attached hydrogen (secondary N) is 2. The molecular formula is C15H21N3O4. The van der Waals surface area contributed by atoms with Crippen molar-refractivity contribution < 1.29 is 19.4 Å². The van der Waals surface area contributed by atoms with Crippen LogP contribution in [0.15, 0.2) is 18.3 Å². The molecule has 120 valence electrons. The van der Waals surface area contributed by atoms with Crippen molar-refractivity contribution in [3.63, 3.8) is 0 Å². The van der Waals surface area contributed by atoms with Crippen LogP contribution in [-0.2, 0) is 4.79 Å². The molecule has 2 amide bonds. The highest BCUT2D eigenvalue weighted by Crippen LogP contribution is 2.23. The molecule has 1 heterocycles. The number of nitrogens with zero attached hydrogens (tertiary/aromatic N) is 1. The molecule has 0 spiro atoms. The third-order valence-electron chi connectivity index (χ3n) is 3.44. The van der Waals surface area contributed by atoms with Crippen LogP contribution in [0.3, 0.4) is 0 Å².